The van der Waals surface area contributed by atoms with E-state index in [1.54, 1.807) is 19.1 Å². The molecule has 3 heteroatoms. The molecule has 0 fully saturated rings. The number of benzene rings is 2. The van der Waals surface area contributed by atoms with Crippen LogP contribution in [0.5, 0.6) is 0 Å². The number of nitrogens with one attached hydrogen (secondary N) is 1. The van der Waals surface area contributed by atoms with E-state index in [1.807, 2.05) is 25.1 Å². The normalized spacial score (nSPS) is 10.3. The van der Waals surface area contributed by atoms with Crippen LogP contribution in [-0.4, -0.2) is 0 Å². The average molecular weight is 230 g/mol. The third-order valence-corrected chi connectivity index (χ3v) is 2.73. The Hall–Kier alpha value is -2.03. The van der Waals surface area contributed by atoms with Gasteiger partial charge in [-0.15, -0.1) is 0 Å². The quantitative estimate of drug-likeness (QED) is 0.771. The van der Waals surface area contributed by atoms with E-state index in [4.69, 9.17) is 5.73 Å². The van der Waals surface area contributed by atoms with E-state index in [-0.39, 0.29) is 5.82 Å². The van der Waals surface area contributed by atoms with Gasteiger partial charge in [0.05, 0.1) is 0 Å². The number of anilines is 3. The molecule has 0 aliphatic heterocycles. The van der Waals surface area contributed by atoms with Crippen LogP contribution in [0.4, 0.5) is 21.5 Å². The van der Waals surface area contributed by atoms with Crippen molar-refractivity contribution in [2.24, 2.45) is 0 Å². The number of halogens is 1. The van der Waals surface area contributed by atoms with Gasteiger partial charge in [-0.3, -0.25) is 0 Å². The highest BCUT2D eigenvalue weighted by molar-refractivity contribution is 5.65. The maximum Gasteiger partial charge on any atom is 0.126 e. The molecule has 2 aromatic rings. The Morgan fingerprint density at radius 2 is 1.59 bits per heavy atom. The number of aryl methyl sites for hydroxylation is 2. The van der Waals surface area contributed by atoms with Crippen LogP contribution in [0.2, 0.25) is 0 Å². The minimum absolute atomic E-state index is 0.195. The molecule has 0 aliphatic rings. The summed E-state index contributed by atoms with van der Waals surface area (Å²) >= 11 is 0. The Balaban J connectivity index is 2.25. The lowest BCUT2D eigenvalue weighted by atomic mass is 10.1. The molecule has 0 saturated carbocycles. The van der Waals surface area contributed by atoms with Crippen LogP contribution in [0.15, 0.2) is 36.4 Å². The van der Waals surface area contributed by atoms with Gasteiger partial charge in [0.1, 0.15) is 5.82 Å². The van der Waals surface area contributed by atoms with Gasteiger partial charge in [0.2, 0.25) is 0 Å². The molecule has 0 unspecified atom stereocenters. The summed E-state index contributed by atoms with van der Waals surface area (Å²) in [4.78, 5) is 0. The fraction of sp³-hybridized carbons (Fsp3) is 0.143. The predicted octanol–water partition coefficient (Wildman–Crippen LogP) is 3.77. The molecule has 0 radical (unpaired) electrons. The Bertz CT molecular complexity index is 500. The standard InChI is InChI=1S/C14H15FN2/c1-9-3-4-12(8-14(9)16)17-11-5-6-13(15)10(2)7-11/h3-8,17H,16H2,1-2H3. The van der Waals surface area contributed by atoms with E-state index < -0.39 is 0 Å². The zero-order chi connectivity index (χ0) is 12.4. The van der Waals surface area contributed by atoms with Gasteiger partial charge in [0, 0.05) is 17.1 Å². The molecule has 0 bridgehead atoms. The lowest BCUT2D eigenvalue weighted by Gasteiger charge is -2.09. The highest BCUT2D eigenvalue weighted by Crippen LogP contribution is 2.22. The van der Waals surface area contributed by atoms with Crippen LogP contribution < -0.4 is 11.1 Å². The van der Waals surface area contributed by atoms with Gasteiger partial charge in [-0.05, 0) is 55.3 Å². The molecule has 0 spiro atoms. The summed E-state index contributed by atoms with van der Waals surface area (Å²) in [5, 5.41) is 3.19. The van der Waals surface area contributed by atoms with Gasteiger partial charge in [0.25, 0.3) is 0 Å². The summed E-state index contributed by atoms with van der Waals surface area (Å²) < 4.78 is 13.1. The molecule has 0 atom stereocenters. The average Bonchev–Trinajstić information content (AvgIpc) is 2.29. The van der Waals surface area contributed by atoms with Crippen molar-refractivity contribution in [2.45, 2.75) is 13.8 Å². The van der Waals surface area contributed by atoms with Crippen LogP contribution in [0, 0.1) is 19.7 Å². The van der Waals surface area contributed by atoms with Gasteiger partial charge in [-0.2, -0.15) is 0 Å². The van der Waals surface area contributed by atoms with Crippen molar-refractivity contribution < 1.29 is 4.39 Å². The minimum Gasteiger partial charge on any atom is -0.398 e. The fourth-order valence-electron chi connectivity index (χ4n) is 1.61. The van der Waals surface area contributed by atoms with Crippen molar-refractivity contribution in [2.75, 3.05) is 11.1 Å². The smallest absolute Gasteiger partial charge is 0.126 e. The van der Waals surface area contributed by atoms with Crippen LogP contribution in [-0.2, 0) is 0 Å². The highest BCUT2D eigenvalue weighted by atomic mass is 19.1. The molecule has 2 rings (SSSR count). The topological polar surface area (TPSA) is 38.0 Å². The molecule has 0 heterocycles. The Morgan fingerprint density at radius 3 is 2.24 bits per heavy atom. The number of rotatable bonds is 2. The molecule has 3 N–H and O–H groups in total. The summed E-state index contributed by atoms with van der Waals surface area (Å²) in [5.74, 6) is -0.195. The van der Waals surface area contributed by atoms with E-state index in [0.717, 1.165) is 22.6 Å². The molecule has 0 aliphatic carbocycles. The van der Waals surface area contributed by atoms with Gasteiger partial charge < -0.3 is 11.1 Å². The van der Waals surface area contributed by atoms with Crippen LogP contribution in [0.25, 0.3) is 0 Å². The monoisotopic (exact) mass is 230 g/mol. The first-order valence-corrected chi connectivity index (χ1v) is 5.45. The van der Waals surface area contributed by atoms with Crippen molar-refractivity contribution >= 4 is 17.1 Å². The molecule has 2 nitrogen and oxygen atoms in total. The number of hydrogen-bond donors (Lipinski definition) is 2. The van der Waals surface area contributed by atoms with Crippen molar-refractivity contribution in [1.29, 1.82) is 0 Å². The van der Waals surface area contributed by atoms with Gasteiger partial charge in [-0.1, -0.05) is 6.07 Å². The second kappa shape index (κ2) is 4.45. The fourth-order valence-corrected chi connectivity index (χ4v) is 1.61. The van der Waals surface area contributed by atoms with Gasteiger partial charge in [0.15, 0.2) is 0 Å². The van der Waals surface area contributed by atoms with Gasteiger partial charge >= 0.3 is 0 Å². The van der Waals surface area contributed by atoms with Crippen molar-refractivity contribution in [1.82, 2.24) is 0 Å². The molecule has 88 valence electrons. The second-order valence-corrected chi connectivity index (χ2v) is 4.16. The first-order chi connectivity index (χ1) is 8.06. The molecule has 2 aromatic carbocycles. The lowest BCUT2D eigenvalue weighted by molar-refractivity contribution is 0.619. The molecule has 17 heavy (non-hydrogen) atoms. The summed E-state index contributed by atoms with van der Waals surface area (Å²) in [7, 11) is 0. The van der Waals surface area contributed by atoms with E-state index in [1.165, 1.54) is 6.07 Å². The molecule has 0 saturated heterocycles. The SMILES string of the molecule is Cc1ccc(Nc2ccc(F)c(C)c2)cc1N. The Kier molecular flexibility index (Phi) is 3.00. The molecule has 0 amide bonds. The summed E-state index contributed by atoms with van der Waals surface area (Å²) in [6.45, 7) is 3.70. The maximum absolute atomic E-state index is 13.1. The van der Waals surface area contributed by atoms with Crippen molar-refractivity contribution in [3.05, 3.63) is 53.3 Å². The summed E-state index contributed by atoms with van der Waals surface area (Å²) in [5.41, 5.74) is 10.00. The van der Waals surface area contributed by atoms with Gasteiger partial charge in [-0.25, -0.2) is 4.39 Å². The summed E-state index contributed by atoms with van der Waals surface area (Å²) in [6, 6.07) is 10.7. The number of hydrogen-bond acceptors (Lipinski definition) is 2. The molecular weight excluding hydrogens is 215 g/mol. The third-order valence-electron chi connectivity index (χ3n) is 2.73. The zero-order valence-corrected chi connectivity index (χ0v) is 9.92. The van der Waals surface area contributed by atoms with Crippen molar-refractivity contribution in [3.8, 4) is 0 Å². The third kappa shape index (κ3) is 2.56. The zero-order valence-electron chi connectivity index (χ0n) is 9.92. The first-order valence-electron chi connectivity index (χ1n) is 5.45. The lowest BCUT2D eigenvalue weighted by Crippen LogP contribution is -1.95. The van der Waals surface area contributed by atoms with E-state index in [0.29, 0.717) is 5.56 Å². The highest BCUT2D eigenvalue weighted by Gasteiger charge is 2.01. The van der Waals surface area contributed by atoms with Crippen LogP contribution >= 0.6 is 0 Å². The molecular formula is C14H15FN2. The number of nitrogens with two attached hydrogens (primary N) is 1. The Morgan fingerprint density at radius 1 is 0.941 bits per heavy atom. The van der Waals surface area contributed by atoms with E-state index in [2.05, 4.69) is 5.32 Å². The van der Waals surface area contributed by atoms with E-state index >= 15 is 0 Å². The van der Waals surface area contributed by atoms with Crippen molar-refractivity contribution in [3.63, 3.8) is 0 Å². The molecule has 0 aromatic heterocycles. The predicted molar refractivity (Wildman–Crippen MR) is 70.0 cm³/mol. The largest absolute Gasteiger partial charge is 0.398 e. The minimum atomic E-state index is -0.195. The first kappa shape index (κ1) is 11.5. The summed E-state index contributed by atoms with van der Waals surface area (Å²) in [6.07, 6.45) is 0. The number of nitrogen functional groups attached to an aromatic ring is 1. The van der Waals surface area contributed by atoms with E-state index in [9.17, 15) is 4.39 Å². The van der Waals surface area contributed by atoms with Crippen LogP contribution in [0.1, 0.15) is 11.1 Å². The van der Waals surface area contributed by atoms with Crippen LogP contribution in [0.3, 0.4) is 0 Å². The Labute approximate surface area is 100 Å². The second-order valence-electron chi connectivity index (χ2n) is 4.16. The maximum atomic E-state index is 13.1.